The summed E-state index contributed by atoms with van der Waals surface area (Å²) < 4.78 is 11.5. The summed E-state index contributed by atoms with van der Waals surface area (Å²) >= 11 is 0. The zero-order valence-corrected chi connectivity index (χ0v) is 24.0. The second kappa shape index (κ2) is 12.7. The number of nitrogens with zero attached hydrogens (tertiary/aromatic N) is 3. The van der Waals surface area contributed by atoms with Crippen molar-refractivity contribution in [1.29, 1.82) is 0 Å². The lowest BCUT2D eigenvalue weighted by atomic mass is 9.88. The van der Waals surface area contributed by atoms with E-state index in [-0.39, 0.29) is 42.8 Å². The van der Waals surface area contributed by atoms with Gasteiger partial charge >= 0.3 is 6.03 Å². The molecule has 2 aliphatic rings. The van der Waals surface area contributed by atoms with Gasteiger partial charge in [0.2, 0.25) is 5.91 Å². The van der Waals surface area contributed by atoms with Crippen LogP contribution in [0, 0.1) is 25.7 Å². The van der Waals surface area contributed by atoms with E-state index < -0.39 is 12.1 Å². The maximum atomic E-state index is 13.7. The maximum Gasteiger partial charge on any atom is 0.321 e. The highest BCUT2D eigenvalue weighted by Crippen LogP contribution is 2.32. The van der Waals surface area contributed by atoms with Gasteiger partial charge in [0, 0.05) is 31.1 Å². The van der Waals surface area contributed by atoms with Crippen molar-refractivity contribution < 1.29 is 28.8 Å². The predicted octanol–water partition coefficient (Wildman–Crippen LogP) is 4.19. The maximum absolute atomic E-state index is 13.7. The number of ether oxygens (including phenoxy) is 1. The molecule has 11 heteroatoms. The number of aliphatic hydroxyl groups excluding tert-OH is 1. The number of hydrogen-bond acceptors (Lipinski definition) is 7. The summed E-state index contributed by atoms with van der Waals surface area (Å²) in [7, 11) is 1.67. The fraction of sp³-hybridized carbons (Fsp3) is 0.586. The second-order valence-corrected chi connectivity index (χ2v) is 11.2. The standard InChI is InChI=1S/C29H41N5O6/c1-17-14-34(18(2)16-35)28(37)23-13-22(30-27(36)21-9-7-6-8-10-21)11-12-24(23)39-25(17)15-33(5)29(38)31-26-19(3)32-40-20(26)4/h11-13,17-18,21,25,35H,6-10,14-16H2,1-5H3,(H,30,36)(H,31,38)/t17-,18+,25-/m1/s1. The number of anilines is 2. The number of hydrogen-bond donors (Lipinski definition) is 3. The average Bonchev–Trinajstić information content (AvgIpc) is 3.27. The van der Waals surface area contributed by atoms with Crippen molar-refractivity contribution in [3.05, 3.63) is 35.2 Å². The summed E-state index contributed by atoms with van der Waals surface area (Å²) in [6, 6.07) is 4.31. The van der Waals surface area contributed by atoms with Gasteiger partial charge in [-0.2, -0.15) is 0 Å². The Morgan fingerprint density at radius 1 is 1.20 bits per heavy atom. The number of rotatable bonds is 7. The van der Waals surface area contributed by atoms with Crippen LogP contribution in [0.2, 0.25) is 0 Å². The molecule has 0 spiro atoms. The molecule has 218 valence electrons. The summed E-state index contributed by atoms with van der Waals surface area (Å²) in [5, 5.41) is 19.6. The third-order valence-electron chi connectivity index (χ3n) is 7.97. The Bertz CT molecular complexity index is 1200. The molecule has 0 saturated heterocycles. The van der Waals surface area contributed by atoms with Gasteiger partial charge < -0.3 is 34.8 Å². The molecule has 11 nitrogen and oxygen atoms in total. The van der Waals surface area contributed by atoms with Crippen molar-refractivity contribution in [2.45, 2.75) is 71.9 Å². The van der Waals surface area contributed by atoms with E-state index in [1.807, 2.05) is 6.92 Å². The van der Waals surface area contributed by atoms with Gasteiger partial charge in [-0.15, -0.1) is 0 Å². The number of fused-ring (bicyclic) bond motifs is 1. The minimum absolute atomic E-state index is 0.0223. The summed E-state index contributed by atoms with van der Waals surface area (Å²) in [4.78, 5) is 42.7. The van der Waals surface area contributed by atoms with Crippen molar-refractivity contribution in [2.24, 2.45) is 11.8 Å². The number of amides is 4. The molecule has 0 radical (unpaired) electrons. The number of aliphatic hydroxyl groups is 1. The van der Waals surface area contributed by atoms with Crippen molar-refractivity contribution in [3.8, 4) is 5.75 Å². The normalized spacial score (nSPS) is 20.6. The summed E-state index contributed by atoms with van der Waals surface area (Å²) in [6.45, 7) is 7.60. The zero-order valence-electron chi connectivity index (χ0n) is 24.0. The van der Waals surface area contributed by atoms with Crippen LogP contribution in [-0.2, 0) is 4.79 Å². The summed E-state index contributed by atoms with van der Waals surface area (Å²) in [5.74, 6) is 0.392. The lowest BCUT2D eigenvalue weighted by molar-refractivity contribution is -0.120. The number of carbonyl (C=O) groups is 3. The Labute approximate surface area is 235 Å². The van der Waals surface area contributed by atoms with E-state index in [1.165, 1.54) is 4.90 Å². The third-order valence-corrected chi connectivity index (χ3v) is 7.97. The quantitative estimate of drug-likeness (QED) is 0.466. The first-order chi connectivity index (χ1) is 19.1. The first-order valence-corrected chi connectivity index (χ1v) is 14.1. The molecular weight excluding hydrogens is 514 g/mol. The molecule has 4 rings (SSSR count). The Morgan fingerprint density at radius 3 is 2.58 bits per heavy atom. The van der Waals surface area contributed by atoms with Crippen LogP contribution >= 0.6 is 0 Å². The van der Waals surface area contributed by atoms with Crippen molar-refractivity contribution in [2.75, 3.05) is 37.4 Å². The molecule has 2 heterocycles. The molecule has 1 aromatic heterocycles. The molecule has 40 heavy (non-hydrogen) atoms. The van der Waals surface area contributed by atoms with Crippen LogP contribution in [0.15, 0.2) is 22.7 Å². The average molecular weight is 556 g/mol. The number of aromatic nitrogens is 1. The number of likely N-dealkylation sites (N-methyl/N-ethyl adjacent to an activating group) is 1. The molecule has 3 atom stereocenters. The van der Waals surface area contributed by atoms with E-state index in [9.17, 15) is 19.5 Å². The third kappa shape index (κ3) is 6.57. The zero-order chi connectivity index (χ0) is 29.0. The number of aryl methyl sites for hydroxylation is 2. The van der Waals surface area contributed by atoms with E-state index in [4.69, 9.17) is 9.26 Å². The van der Waals surface area contributed by atoms with E-state index >= 15 is 0 Å². The van der Waals surface area contributed by atoms with Gasteiger partial charge in [0.05, 0.1) is 24.8 Å². The number of benzene rings is 1. The van der Waals surface area contributed by atoms with Crippen LogP contribution in [0.1, 0.15) is 67.8 Å². The van der Waals surface area contributed by atoms with Crippen LogP contribution in [0.4, 0.5) is 16.2 Å². The molecule has 1 aromatic carbocycles. The lowest BCUT2D eigenvalue weighted by Gasteiger charge is -2.38. The van der Waals surface area contributed by atoms with Gasteiger partial charge in [-0.1, -0.05) is 31.3 Å². The van der Waals surface area contributed by atoms with Crippen LogP contribution in [-0.4, -0.2) is 76.8 Å². The first kappa shape index (κ1) is 29.4. The monoisotopic (exact) mass is 555 g/mol. The molecule has 1 aliphatic heterocycles. The highest BCUT2D eigenvalue weighted by atomic mass is 16.5. The summed E-state index contributed by atoms with van der Waals surface area (Å²) in [6.07, 6.45) is 4.54. The molecule has 1 aliphatic carbocycles. The first-order valence-electron chi connectivity index (χ1n) is 14.1. The largest absolute Gasteiger partial charge is 0.487 e. The van der Waals surface area contributed by atoms with Crippen LogP contribution in [0.5, 0.6) is 5.75 Å². The van der Waals surface area contributed by atoms with E-state index in [0.717, 1.165) is 32.1 Å². The highest BCUT2D eigenvalue weighted by Gasteiger charge is 2.34. The fourth-order valence-corrected chi connectivity index (χ4v) is 5.34. The number of urea groups is 1. The molecule has 1 fully saturated rings. The van der Waals surface area contributed by atoms with Crippen LogP contribution in [0.25, 0.3) is 0 Å². The van der Waals surface area contributed by atoms with Gasteiger partial charge in [0.1, 0.15) is 23.2 Å². The molecular formula is C29H41N5O6. The van der Waals surface area contributed by atoms with Crippen molar-refractivity contribution in [3.63, 3.8) is 0 Å². The summed E-state index contributed by atoms with van der Waals surface area (Å²) in [5.41, 5.74) is 1.96. The second-order valence-electron chi connectivity index (χ2n) is 11.2. The smallest absolute Gasteiger partial charge is 0.321 e. The molecule has 4 amide bonds. The highest BCUT2D eigenvalue weighted by molar-refractivity contribution is 6.00. The van der Waals surface area contributed by atoms with Gasteiger partial charge in [-0.05, 0) is 51.8 Å². The van der Waals surface area contributed by atoms with Gasteiger partial charge in [-0.25, -0.2) is 4.79 Å². The Balaban J connectivity index is 1.56. The van der Waals surface area contributed by atoms with Gasteiger partial charge in [-0.3, -0.25) is 9.59 Å². The minimum Gasteiger partial charge on any atom is -0.487 e. The number of carbonyl (C=O) groups excluding carboxylic acids is 3. The fourth-order valence-electron chi connectivity index (χ4n) is 5.34. The predicted molar refractivity (Wildman–Crippen MR) is 150 cm³/mol. The molecule has 3 N–H and O–H groups in total. The molecule has 0 unspecified atom stereocenters. The van der Waals surface area contributed by atoms with Crippen molar-refractivity contribution >= 4 is 29.2 Å². The Hall–Kier alpha value is -3.60. The van der Waals surface area contributed by atoms with Crippen LogP contribution < -0.4 is 15.4 Å². The molecule has 0 bridgehead atoms. The minimum atomic E-state index is -0.455. The lowest BCUT2D eigenvalue weighted by Crippen LogP contribution is -2.50. The number of nitrogens with one attached hydrogen (secondary N) is 2. The van der Waals surface area contributed by atoms with E-state index in [0.29, 0.717) is 40.7 Å². The van der Waals surface area contributed by atoms with Gasteiger partial charge in [0.15, 0.2) is 5.76 Å². The molecule has 2 aromatic rings. The van der Waals surface area contributed by atoms with Crippen molar-refractivity contribution in [1.82, 2.24) is 15.0 Å². The Kier molecular flexibility index (Phi) is 9.34. The topological polar surface area (TPSA) is 137 Å². The van der Waals surface area contributed by atoms with Crippen LogP contribution in [0.3, 0.4) is 0 Å². The molecule has 1 saturated carbocycles. The SMILES string of the molecule is Cc1noc(C)c1NC(=O)N(C)C[C@H]1Oc2ccc(NC(=O)C3CCCCC3)cc2C(=O)N([C@@H](C)CO)C[C@H]1C. The van der Waals surface area contributed by atoms with E-state index in [1.54, 1.807) is 50.9 Å². The van der Waals surface area contributed by atoms with Gasteiger partial charge in [0.25, 0.3) is 5.91 Å². The van der Waals surface area contributed by atoms with E-state index in [2.05, 4.69) is 15.8 Å². The Morgan fingerprint density at radius 2 is 1.93 bits per heavy atom.